The molecular weight excluding hydrogens is 278 g/mol. The third-order valence-electron chi connectivity index (χ3n) is 4.14. The zero-order valence-electron chi connectivity index (χ0n) is 12.2. The largest absolute Gasteiger partial charge is 0.409 e. The molecule has 1 rings (SSSR count). The highest BCUT2D eigenvalue weighted by molar-refractivity contribution is 7.84. The van der Waals surface area contributed by atoms with Crippen molar-refractivity contribution in [2.75, 3.05) is 12.8 Å². The Bertz CT molecular complexity index is 392. The van der Waals surface area contributed by atoms with Gasteiger partial charge >= 0.3 is 0 Å². The standard InChI is InChI=1S/C13H25N3O3S/c1-10(20(2)19)6-9-15-12(17)13(11(14)16-18)7-4-3-5-8-13/h10,18H,3-9H2,1-2H3,(H2,14,16)(H,15,17). The van der Waals surface area contributed by atoms with Crippen LogP contribution in [0.1, 0.15) is 45.4 Å². The van der Waals surface area contributed by atoms with E-state index in [4.69, 9.17) is 10.9 Å². The van der Waals surface area contributed by atoms with Crippen LogP contribution < -0.4 is 11.1 Å². The summed E-state index contributed by atoms with van der Waals surface area (Å²) in [6.45, 7) is 2.35. The molecule has 0 aromatic rings. The minimum Gasteiger partial charge on any atom is -0.409 e. The molecule has 1 amide bonds. The zero-order chi connectivity index (χ0) is 15.2. The number of nitrogens with two attached hydrogens (primary N) is 1. The van der Waals surface area contributed by atoms with Gasteiger partial charge in [-0.2, -0.15) is 0 Å². The molecule has 6 nitrogen and oxygen atoms in total. The molecule has 1 fully saturated rings. The van der Waals surface area contributed by atoms with Crippen LogP contribution in [0, 0.1) is 5.41 Å². The van der Waals surface area contributed by atoms with Crippen LogP contribution in [0.4, 0.5) is 0 Å². The molecule has 4 N–H and O–H groups in total. The molecule has 0 aromatic carbocycles. The van der Waals surface area contributed by atoms with E-state index in [0.29, 0.717) is 25.8 Å². The molecule has 0 aromatic heterocycles. The van der Waals surface area contributed by atoms with E-state index in [9.17, 15) is 9.00 Å². The molecule has 0 radical (unpaired) electrons. The van der Waals surface area contributed by atoms with E-state index >= 15 is 0 Å². The van der Waals surface area contributed by atoms with Gasteiger partial charge in [-0.15, -0.1) is 0 Å². The van der Waals surface area contributed by atoms with Crippen LogP contribution in [-0.4, -0.2) is 39.2 Å². The first-order valence-corrected chi connectivity index (χ1v) is 8.64. The minimum atomic E-state index is -0.890. The van der Waals surface area contributed by atoms with Gasteiger partial charge in [0.15, 0.2) is 5.84 Å². The van der Waals surface area contributed by atoms with Crippen molar-refractivity contribution in [3.63, 3.8) is 0 Å². The van der Waals surface area contributed by atoms with Crippen LogP contribution >= 0.6 is 0 Å². The summed E-state index contributed by atoms with van der Waals surface area (Å²) in [5.74, 6) is -0.177. The van der Waals surface area contributed by atoms with Crippen LogP contribution in [0.5, 0.6) is 0 Å². The van der Waals surface area contributed by atoms with E-state index in [0.717, 1.165) is 19.3 Å². The van der Waals surface area contributed by atoms with Gasteiger partial charge in [-0.3, -0.25) is 9.00 Å². The molecular formula is C13H25N3O3S. The summed E-state index contributed by atoms with van der Waals surface area (Å²) in [6, 6.07) is 0. The Morgan fingerprint density at radius 3 is 2.55 bits per heavy atom. The minimum absolute atomic E-state index is 0.00168. The van der Waals surface area contributed by atoms with Gasteiger partial charge in [0.1, 0.15) is 5.41 Å². The number of hydrogen-bond acceptors (Lipinski definition) is 4. The van der Waals surface area contributed by atoms with Crippen LogP contribution in [0.3, 0.4) is 0 Å². The summed E-state index contributed by atoms with van der Waals surface area (Å²) in [6.07, 6.45) is 6.41. The highest BCUT2D eigenvalue weighted by Gasteiger charge is 2.43. The van der Waals surface area contributed by atoms with E-state index in [-0.39, 0.29) is 17.0 Å². The van der Waals surface area contributed by atoms with Crippen LogP contribution in [0.25, 0.3) is 0 Å². The Kier molecular flexibility index (Phi) is 6.45. The number of nitrogens with one attached hydrogen (secondary N) is 1. The Balaban J connectivity index is 2.63. The second-order valence-corrected chi connectivity index (χ2v) is 7.28. The van der Waals surface area contributed by atoms with Crippen molar-refractivity contribution >= 4 is 22.5 Å². The predicted molar refractivity (Wildman–Crippen MR) is 80.1 cm³/mol. The second-order valence-electron chi connectivity index (χ2n) is 5.48. The van der Waals surface area contributed by atoms with Crippen LogP contribution in [0.2, 0.25) is 0 Å². The van der Waals surface area contributed by atoms with Crippen molar-refractivity contribution in [2.24, 2.45) is 16.3 Å². The van der Waals surface area contributed by atoms with Crippen molar-refractivity contribution in [1.29, 1.82) is 0 Å². The Morgan fingerprint density at radius 1 is 1.45 bits per heavy atom. The van der Waals surface area contributed by atoms with Crippen molar-refractivity contribution in [1.82, 2.24) is 5.32 Å². The quantitative estimate of drug-likeness (QED) is 0.294. The normalized spacial score (nSPS) is 22.0. The molecule has 1 saturated carbocycles. The smallest absolute Gasteiger partial charge is 0.233 e. The summed E-state index contributed by atoms with van der Waals surface area (Å²) < 4.78 is 11.3. The lowest BCUT2D eigenvalue weighted by Gasteiger charge is -2.34. The monoisotopic (exact) mass is 303 g/mol. The molecule has 1 aliphatic rings. The maximum atomic E-state index is 12.4. The topological polar surface area (TPSA) is 105 Å². The molecule has 2 unspecified atom stereocenters. The van der Waals surface area contributed by atoms with Gasteiger partial charge in [0.2, 0.25) is 5.91 Å². The number of nitrogens with zero attached hydrogens (tertiary/aromatic N) is 1. The highest BCUT2D eigenvalue weighted by atomic mass is 32.2. The third-order valence-corrected chi connectivity index (χ3v) is 5.51. The first kappa shape index (κ1) is 16.9. The third kappa shape index (κ3) is 3.94. The summed E-state index contributed by atoms with van der Waals surface area (Å²) in [7, 11) is -0.890. The van der Waals surface area contributed by atoms with E-state index < -0.39 is 16.2 Å². The Labute approximate surface area is 122 Å². The Morgan fingerprint density at radius 2 is 2.05 bits per heavy atom. The fraction of sp³-hybridized carbons (Fsp3) is 0.846. The van der Waals surface area contributed by atoms with Gasteiger partial charge in [0.25, 0.3) is 0 Å². The lowest BCUT2D eigenvalue weighted by atomic mass is 9.72. The number of carbonyl (C=O) groups is 1. The number of carbonyl (C=O) groups excluding carboxylic acids is 1. The molecule has 0 saturated heterocycles. The molecule has 0 spiro atoms. The summed E-state index contributed by atoms with van der Waals surface area (Å²) in [5.41, 5.74) is 4.88. The van der Waals surface area contributed by atoms with Gasteiger partial charge in [-0.1, -0.05) is 31.3 Å². The molecule has 2 atom stereocenters. The number of rotatable bonds is 6. The van der Waals surface area contributed by atoms with Gasteiger partial charge in [0, 0.05) is 28.9 Å². The Hall–Kier alpha value is -1.11. The SMILES string of the molecule is CC(CCNC(=O)C1(C(N)=NO)CCCCC1)S(C)=O. The van der Waals surface area contributed by atoms with E-state index in [2.05, 4.69) is 10.5 Å². The van der Waals surface area contributed by atoms with Crippen molar-refractivity contribution < 1.29 is 14.2 Å². The van der Waals surface area contributed by atoms with Crippen LogP contribution in [-0.2, 0) is 15.6 Å². The summed E-state index contributed by atoms with van der Waals surface area (Å²) >= 11 is 0. The number of amides is 1. The molecule has 7 heteroatoms. The molecule has 0 aliphatic heterocycles. The molecule has 0 bridgehead atoms. The average Bonchev–Trinajstić information content (AvgIpc) is 2.46. The maximum Gasteiger partial charge on any atom is 0.233 e. The first-order chi connectivity index (χ1) is 9.44. The predicted octanol–water partition coefficient (Wildman–Crippen LogP) is 0.957. The summed E-state index contributed by atoms with van der Waals surface area (Å²) in [4.78, 5) is 12.4. The molecule has 0 heterocycles. The lowest BCUT2D eigenvalue weighted by molar-refractivity contribution is -0.129. The van der Waals surface area contributed by atoms with Crippen molar-refractivity contribution in [2.45, 2.75) is 50.7 Å². The molecule has 20 heavy (non-hydrogen) atoms. The second kappa shape index (κ2) is 7.61. The van der Waals surface area contributed by atoms with Gasteiger partial charge in [0.05, 0.1) is 0 Å². The highest BCUT2D eigenvalue weighted by Crippen LogP contribution is 2.36. The van der Waals surface area contributed by atoms with Crippen molar-refractivity contribution in [3.05, 3.63) is 0 Å². The van der Waals surface area contributed by atoms with E-state index in [1.165, 1.54) is 0 Å². The van der Waals surface area contributed by atoms with Gasteiger partial charge in [-0.05, 0) is 19.3 Å². The van der Waals surface area contributed by atoms with Crippen molar-refractivity contribution in [3.8, 4) is 0 Å². The summed E-state index contributed by atoms with van der Waals surface area (Å²) in [5, 5.41) is 14.9. The fourth-order valence-electron chi connectivity index (χ4n) is 2.57. The zero-order valence-corrected chi connectivity index (χ0v) is 13.0. The molecule has 116 valence electrons. The average molecular weight is 303 g/mol. The number of amidine groups is 1. The first-order valence-electron chi connectivity index (χ1n) is 7.02. The van der Waals surface area contributed by atoms with E-state index in [1.54, 1.807) is 6.26 Å². The maximum absolute atomic E-state index is 12.4. The molecule has 1 aliphatic carbocycles. The van der Waals surface area contributed by atoms with Gasteiger partial charge < -0.3 is 16.3 Å². The van der Waals surface area contributed by atoms with E-state index in [1.807, 2.05) is 6.92 Å². The number of hydrogen-bond donors (Lipinski definition) is 3. The fourth-order valence-corrected chi connectivity index (χ4v) is 3.02. The number of oxime groups is 1. The lowest BCUT2D eigenvalue weighted by Crippen LogP contribution is -2.51. The van der Waals surface area contributed by atoms with Gasteiger partial charge in [-0.25, -0.2) is 0 Å². The van der Waals surface area contributed by atoms with Crippen LogP contribution in [0.15, 0.2) is 5.16 Å².